The Morgan fingerprint density at radius 1 is 1.28 bits per heavy atom. The van der Waals surface area contributed by atoms with E-state index in [1.54, 1.807) is 0 Å². The number of benzene rings is 1. The number of aliphatic hydroxyl groups is 1. The van der Waals surface area contributed by atoms with Crippen LogP contribution in [0.2, 0.25) is 5.02 Å². The minimum atomic E-state index is -0.0287. The molecule has 1 aliphatic carbocycles. The first kappa shape index (κ1) is 16.6. The number of hydrogen-bond acceptors (Lipinski definition) is 5. The summed E-state index contributed by atoms with van der Waals surface area (Å²) in [6, 6.07) is 8.10. The molecule has 2 aliphatic rings. The summed E-state index contributed by atoms with van der Waals surface area (Å²) in [6.45, 7) is 3.78. The number of halogens is 1. The molecule has 1 aliphatic heterocycles. The Hall–Kier alpha value is -1.85. The highest BCUT2D eigenvalue weighted by Crippen LogP contribution is 2.39. The number of aromatic nitrogens is 2. The molecule has 1 aromatic carbocycles. The summed E-state index contributed by atoms with van der Waals surface area (Å²) in [6.07, 6.45) is 3.30. The summed E-state index contributed by atoms with van der Waals surface area (Å²) in [5.74, 6) is 3.17. The minimum absolute atomic E-state index is 0.0287. The lowest BCUT2D eigenvalue weighted by molar-refractivity contribution is 0.281. The molecule has 25 heavy (non-hydrogen) atoms. The molecule has 1 aromatic heterocycles. The van der Waals surface area contributed by atoms with Crippen LogP contribution < -0.4 is 10.2 Å². The highest BCUT2D eigenvalue weighted by Gasteiger charge is 2.28. The first-order valence-corrected chi connectivity index (χ1v) is 9.29. The highest BCUT2D eigenvalue weighted by atomic mass is 35.5. The number of nitrogens with one attached hydrogen (secondary N) is 1. The fourth-order valence-corrected chi connectivity index (χ4v) is 3.42. The van der Waals surface area contributed by atoms with Crippen LogP contribution in [0.3, 0.4) is 0 Å². The Morgan fingerprint density at radius 3 is 2.88 bits per heavy atom. The van der Waals surface area contributed by atoms with Crippen molar-refractivity contribution in [3.05, 3.63) is 46.2 Å². The maximum Gasteiger partial charge on any atom is 0.136 e. The first-order valence-electron chi connectivity index (χ1n) is 8.91. The molecule has 0 unspecified atom stereocenters. The van der Waals surface area contributed by atoms with Gasteiger partial charge in [0.15, 0.2) is 0 Å². The van der Waals surface area contributed by atoms with Crippen LogP contribution in [0.5, 0.6) is 0 Å². The van der Waals surface area contributed by atoms with E-state index in [2.05, 4.69) is 27.3 Å². The van der Waals surface area contributed by atoms with E-state index in [9.17, 15) is 5.11 Å². The van der Waals surface area contributed by atoms with Crippen LogP contribution >= 0.6 is 11.6 Å². The normalized spacial score (nSPS) is 18.0. The van der Waals surface area contributed by atoms with Gasteiger partial charge < -0.3 is 15.3 Å². The maximum atomic E-state index is 9.31. The van der Waals surface area contributed by atoms with Gasteiger partial charge in [0, 0.05) is 36.1 Å². The van der Waals surface area contributed by atoms with Gasteiger partial charge in [0.1, 0.15) is 17.5 Å². The standard InChI is InChI=1S/C19H23ClN4O/c1-12(11-25)21-17-9-18(23-19(22-17)13-2-3-13)24-7-6-14-8-16(20)5-4-15(14)10-24/h4-5,8-9,12-13,25H,2-3,6-7,10-11H2,1H3,(H,21,22,23)/t12-/m1/s1. The Labute approximate surface area is 153 Å². The Bertz CT molecular complexity index is 778. The van der Waals surface area contributed by atoms with Crippen LogP contribution in [0.15, 0.2) is 24.3 Å². The van der Waals surface area contributed by atoms with Crippen LogP contribution in [0.4, 0.5) is 11.6 Å². The van der Waals surface area contributed by atoms with Crippen LogP contribution in [0.1, 0.15) is 42.6 Å². The monoisotopic (exact) mass is 358 g/mol. The summed E-state index contributed by atoms with van der Waals surface area (Å²) in [5, 5.41) is 13.4. The van der Waals surface area contributed by atoms with Gasteiger partial charge in [-0.1, -0.05) is 17.7 Å². The summed E-state index contributed by atoms with van der Waals surface area (Å²) in [5.41, 5.74) is 2.63. The molecule has 0 spiro atoms. The summed E-state index contributed by atoms with van der Waals surface area (Å²) >= 11 is 6.11. The highest BCUT2D eigenvalue weighted by molar-refractivity contribution is 6.30. The van der Waals surface area contributed by atoms with Crippen LogP contribution in [-0.2, 0) is 13.0 Å². The summed E-state index contributed by atoms with van der Waals surface area (Å²) in [4.78, 5) is 11.8. The van der Waals surface area contributed by atoms with Gasteiger partial charge in [0.05, 0.1) is 6.61 Å². The molecule has 2 aromatic rings. The number of rotatable bonds is 5. The van der Waals surface area contributed by atoms with Crippen LogP contribution in [0, 0.1) is 0 Å². The van der Waals surface area contributed by atoms with Gasteiger partial charge in [0.25, 0.3) is 0 Å². The van der Waals surface area contributed by atoms with E-state index in [1.807, 2.05) is 19.1 Å². The van der Waals surface area contributed by atoms with Gasteiger partial charge in [-0.15, -0.1) is 0 Å². The van der Waals surface area contributed by atoms with Crippen molar-refractivity contribution in [2.24, 2.45) is 0 Å². The van der Waals surface area contributed by atoms with Gasteiger partial charge in [-0.2, -0.15) is 0 Å². The molecule has 1 fully saturated rings. The zero-order chi connectivity index (χ0) is 17.4. The molecule has 1 saturated carbocycles. The van der Waals surface area contributed by atoms with Crippen LogP contribution in [-0.4, -0.2) is 34.3 Å². The summed E-state index contributed by atoms with van der Waals surface area (Å²) < 4.78 is 0. The largest absolute Gasteiger partial charge is 0.394 e. The lowest BCUT2D eigenvalue weighted by Gasteiger charge is -2.30. The predicted octanol–water partition coefficient (Wildman–Crippen LogP) is 3.36. The van der Waals surface area contributed by atoms with Gasteiger partial charge >= 0.3 is 0 Å². The third-order valence-electron chi connectivity index (χ3n) is 4.85. The number of nitrogens with zero attached hydrogens (tertiary/aromatic N) is 3. The second kappa shape index (κ2) is 6.81. The molecule has 0 amide bonds. The van der Waals surface area contributed by atoms with Gasteiger partial charge in [-0.05, 0) is 49.4 Å². The van der Waals surface area contributed by atoms with E-state index in [0.717, 1.165) is 42.0 Å². The van der Waals surface area contributed by atoms with Crippen LogP contribution in [0.25, 0.3) is 0 Å². The third kappa shape index (κ3) is 3.72. The Morgan fingerprint density at radius 2 is 2.12 bits per heavy atom. The van der Waals surface area contributed by atoms with Gasteiger partial charge in [-0.25, -0.2) is 9.97 Å². The molecule has 6 heteroatoms. The molecule has 132 valence electrons. The van der Waals surface area contributed by atoms with Gasteiger partial charge in [0.2, 0.25) is 0 Å². The van der Waals surface area contributed by atoms with E-state index in [4.69, 9.17) is 16.6 Å². The minimum Gasteiger partial charge on any atom is -0.394 e. The summed E-state index contributed by atoms with van der Waals surface area (Å²) in [7, 11) is 0. The molecule has 0 radical (unpaired) electrons. The lowest BCUT2D eigenvalue weighted by Crippen LogP contribution is -2.31. The number of aliphatic hydroxyl groups excluding tert-OH is 1. The lowest BCUT2D eigenvalue weighted by atomic mass is 10.00. The molecule has 4 rings (SSSR count). The number of fused-ring (bicyclic) bond motifs is 1. The van der Waals surface area contributed by atoms with Gasteiger partial charge in [-0.3, -0.25) is 0 Å². The molecule has 0 bridgehead atoms. The van der Waals surface area contributed by atoms with Crippen molar-refractivity contribution in [3.8, 4) is 0 Å². The molecule has 1 atom stereocenters. The fraction of sp³-hybridized carbons (Fsp3) is 0.474. The zero-order valence-corrected chi connectivity index (χ0v) is 15.1. The van der Waals surface area contributed by atoms with E-state index < -0.39 is 0 Å². The van der Waals surface area contributed by atoms with Crippen molar-refractivity contribution >= 4 is 23.2 Å². The van der Waals surface area contributed by atoms with Crippen molar-refractivity contribution in [1.29, 1.82) is 0 Å². The van der Waals surface area contributed by atoms with Crippen molar-refractivity contribution in [1.82, 2.24) is 9.97 Å². The molecule has 5 nitrogen and oxygen atoms in total. The van der Waals surface area contributed by atoms with Crippen molar-refractivity contribution in [2.45, 2.75) is 44.7 Å². The Balaban J connectivity index is 1.61. The third-order valence-corrected chi connectivity index (χ3v) is 5.08. The average molecular weight is 359 g/mol. The molecular weight excluding hydrogens is 336 g/mol. The first-order chi connectivity index (χ1) is 12.1. The van der Waals surface area contributed by atoms with E-state index in [1.165, 1.54) is 24.0 Å². The smallest absolute Gasteiger partial charge is 0.136 e. The van der Waals surface area contributed by atoms with E-state index in [-0.39, 0.29) is 12.6 Å². The Kier molecular flexibility index (Phi) is 4.52. The van der Waals surface area contributed by atoms with E-state index >= 15 is 0 Å². The zero-order valence-electron chi connectivity index (χ0n) is 14.4. The molecular formula is C19H23ClN4O. The maximum absolute atomic E-state index is 9.31. The second-order valence-electron chi connectivity index (χ2n) is 7.06. The van der Waals surface area contributed by atoms with Crippen molar-refractivity contribution in [3.63, 3.8) is 0 Å². The van der Waals surface area contributed by atoms with Crippen molar-refractivity contribution < 1.29 is 5.11 Å². The fourth-order valence-electron chi connectivity index (χ4n) is 3.23. The average Bonchev–Trinajstić information content (AvgIpc) is 3.46. The second-order valence-corrected chi connectivity index (χ2v) is 7.49. The molecule has 0 saturated heterocycles. The molecule has 2 heterocycles. The van der Waals surface area contributed by atoms with Crippen molar-refractivity contribution in [2.75, 3.05) is 23.4 Å². The quantitative estimate of drug-likeness (QED) is 0.858. The molecule has 2 N–H and O–H groups in total. The number of hydrogen-bond donors (Lipinski definition) is 2. The topological polar surface area (TPSA) is 61.3 Å². The SMILES string of the molecule is C[C@H](CO)Nc1cc(N2CCc3cc(Cl)ccc3C2)nc(C2CC2)n1. The predicted molar refractivity (Wildman–Crippen MR) is 100 cm³/mol. The number of anilines is 2. The van der Waals surface area contributed by atoms with E-state index in [0.29, 0.717) is 5.92 Å².